The number of nitrogens with zero attached hydrogens (tertiary/aromatic N) is 2. The molecule has 1 aliphatic rings. The van der Waals surface area contributed by atoms with E-state index in [0.29, 0.717) is 16.1 Å². The Morgan fingerprint density at radius 1 is 1.18 bits per heavy atom. The second kappa shape index (κ2) is 7.59. The fraction of sp³-hybridized carbons (Fsp3) is 0.333. The van der Waals surface area contributed by atoms with Gasteiger partial charge >= 0.3 is 0 Å². The standard InChI is InChI=1S/C24H26Cl2N2/c1-5-22-24-19(10-11-27(22)4)20-12-15(2)6-9-23(20)28(24)14-16(3)18-8-7-17(25)13-21(18)26/h6-9,12-14,22H,5,10-11H2,1-4H3/b16-14+. The molecule has 1 aliphatic heterocycles. The summed E-state index contributed by atoms with van der Waals surface area (Å²) >= 11 is 12.6. The van der Waals surface area contributed by atoms with Crippen LogP contribution < -0.4 is 0 Å². The fourth-order valence-electron chi connectivity index (χ4n) is 4.51. The topological polar surface area (TPSA) is 8.17 Å². The number of fused-ring (bicyclic) bond motifs is 3. The van der Waals surface area contributed by atoms with Crippen LogP contribution in [-0.4, -0.2) is 23.1 Å². The number of halogens is 2. The Morgan fingerprint density at radius 3 is 2.68 bits per heavy atom. The predicted octanol–water partition coefficient (Wildman–Crippen LogP) is 7.21. The first-order valence-electron chi connectivity index (χ1n) is 9.88. The molecule has 4 rings (SSSR count). The second-order valence-electron chi connectivity index (χ2n) is 7.85. The fourth-order valence-corrected chi connectivity index (χ4v) is 5.07. The van der Waals surface area contributed by atoms with Gasteiger partial charge < -0.3 is 4.57 Å². The lowest BCUT2D eigenvalue weighted by Gasteiger charge is -2.33. The number of aromatic nitrogens is 1. The first kappa shape index (κ1) is 19.6. The van der Waals surface area contributed by atoms with Crippen LogP contribution in [0.5, 0.6) is 0 Å². The predicted molar refractivity (Wildman–Crippen MR) is 122 cm³/mol. The summed E-state index contributed by atoms with van der Waals surface area (Å²) in [5, 5.41) is 2.73. The van der Waals surface area contributed by atoms with E-state index in [1.165, 1.54) is 27.7 Å². The Hall–Kier alpha value is -1.74. The quantitative estimate of drug-likeness (QED) is 0.440. The lowest BCUT2D eigenvalue weighted by molar-refractivity contribution is 0.220. The molecule has 3 aromatic rings. The molecule has 1 unspecified atom stereocenters. The van der Waals surface area contributed by atoms with Crippen LogP contribution in [0.1, 0.15) is 48.7 Å². The van der Waals surface area contributed by atoms with Gasteiger partial charge in [-0.15, -0.1) is 0 Å². The van der Waals surface area contributed by atoms with Crippen molar-refractivity contribution in [2.45, 2.75) is 39.7 Å². The van der Waals surface area contributed by atoms with Crippen molar-refractivity contribution in [3.8, 4) is 0 Å². The number of rotatable bonds is 3. The van der Waals surface area contributed by atoms with Gasteiger partial charge in [-0.3, -0.25) is 4.90 Å². The molecule has 1 atom stereocenters. The van der Waals surface area contributed by atoms with E-state index in [0.717, 1.165) is 30.5 Å². The van der Waals surface area contributed by atoms with E-state index >= 15 is 0 Å². The van der Waals surface area contributed by atoms with Crippen LogP contribution in [0.25, 0.3) is 22.7 Å². The minimum atomic E-state index is 0.418. The molecule has 2 heterocycles. The molecule has 0 N–H and O–H groups in total. The van der Waals surface area contributed by atoms with Crippen LogP contribution in [0.4, 0.5) is 0 Å². The summed E-state index contributed by atoms with van der Waals surface area (Å²) in [5.41, 5.74) is 7.64. The van der Waals surface area contributed by atoms with Crippen molar-refractivity contribution in [1.82, 2.24) is 9.47 Å². The zero-order chi connectivity index (χ0) is 20.0. The maximum Gasteiger partial charge on any atom is 0.0529 e. The van der Waals surface area contributed by atoms with E-state index in [1.54, 1.807) is 0 Å². The number of benzene rings is 2. The third-order valence-corrected chi connectivity index (χ3v) is 6.48. The molecule has 0 saturated carbocycles. The highest BCUT2D eigenvalue weighted by Gasteiger charge is 2.29. The Labute approximate surface area is 177 Å². The molecular weight excluding hydrogens is 387 g/mol. The highest BCUT2D eigenvalue weighted by molar-refractivity contribution is 6.35. The summed E-state index contributed by atoms with van der Waals surface area (Å²) < 4.78 is 2.40. The first-order chi connectivity index (χ1) is 13.4. The van der Waals surface area contributed by atoms with Crippen LogP contribution in [0.3, 0.4) is 0 Å². The molecule has 28 heavy (non-hydrogen) atoms. The maximum atomic E-state index is 6.48. The van der Waals surface area contributed by atoms with Gasteiger partial charge in [-0.25, -0.2) is 0 Å². The van der Waals surface area contributed by atoms with Crippen molar-refractivity contribution < 1.29 is 0 Å². The van der Waals surface area contributed by atoms with Crippen molar-refractivity contribution in [2.24, 2.45) is 0 Å². The van der Waals surface area contributed by atoms with Gasteiger partial charge in [0.15, 0.2) is 0 Å². The van der Waals surface area contributed by atoms with Crippen molar-refractivity contribution in [3.05, 3.63) is 68.8 Å². The number of hydrogen-bond acceptors (Lipinski definition) is 1. The van der Waals surface area contributed by atoms with E-state index in [9.17, 15) is 0 Å². The van der Waals surface area contributed by atoms with Gasteiger partial charge in [-0.05, 0) is 74.7 Å². The maximum absolute atomic E-state index is 6.48. The van der Waals surface area contributed by atoms with Gasteiger partial charge in [0, 0.05) is 33.9 Å². The monoisotopic (exact) mass is 412 g/mol. The summed E-state index contributed by atoms with van der Waals surface area (Å²) in [4.78, 5) is 2.48. The molecule has 0 spiro atoms. The average molecular weight is 413 g/mol. The van der Waals surface area contributed by atoms with Gasteiger partial charge in [0.05, 0.1) is 11.6 Å². The van der Waals surface area contributed by atoms with Crippen LogP contribution in [-0.2, 0) is 6.42 Å². The van der Waals surface area contributed by atoms with E-state index in [4.69, 9.17) is 23.2 Å². The number of aryl methyl sites for hydroxylation is 1. The Morgan fingerprint density at radius 2 is 1.96 bits per heavy atom. The summed E-state index contributed by atoms with van der Waals surface area (Å²) in [5.74, 6) is 0. The van der Waals surface area contributed by atoms with Crippen molar-refractivity contribution in [2.75, 3.05) is 13.6 Å². The highest BCUT2D eigenvalue weighted by Crippen LogP contribution is 2.39. The van der Waals surface area contributed by atoms with Crippen molar-refractivity contribution in [3.63, 3.8) is 0 Å². The van der Waals surface area contributed by atoms with E-state index in [1.807, 2.05) is 18.2 Å². The minimum absolute atomic E-state index is 0.418. The lowest BCUT2D eigenvalue weighted by Crippen LogP contribution is -2.32. The molecule has 1 aromatic heterocycles. The molecular formula is C24H26Cl2N2. The highest BCUT2D eigenvalue weighted by atomic mass is 35.5. The Bertz CT molecular complexity index is 1080. The number of likely N-dealkylation sites (N-methyl/N-ethyl adjacent to an activating group) is 1. The van der Waals surface area contributed by atoms with Gasteiger partial charge in [-0.1, -0.05) is 47.8 Å². The van der Waals surface area contributed by atoms with E-state index in [-0.39, 0.29) is 0 Å². The molecule has 0 saturated heterocycles. The summed E-state index contributed by atoms with van der Waals surface area (Å²) in [7, 11) is 2.23. The Balaban J connectivity index is 1.97. The van der Waals surface area contributed by atoms with Gasteiger partial charge in [-0.2, -0.15) is 0 Å². The molecule has 0 bridgehead atoms. The van der Waals surface area contributed by atoms with Gasteiger partial charge in [0.25, 0.3) is 0 Å². The molecule has 4 heteroatoms. The van der Waals surface area contributed by atoms with E-state index < -0.39 is 0 Å². The van der Waals surface area contributed by atoms with Crippen LogP contribution in [0.15, 0.2) is 36.4 Å². The van der Waals surface area contributed by atoms with Crippen molar-refractivity contribution in [1.29, 1.82) is 0 Å². The molecule has 0 fully saturated rings. The van der Waals surface area contributed by atoms with Gasteiger partial charge in [0.1, 0.15) is 0 Å². The molecule has 2 nitrogen and oxygen atoms in total. The number of allylic oxidation sites excluding steroid dienone is 1. The van der Waals surface area contributed by atoms with Gasteiger partial charge in [0.2, 0.25) is 0 Å². The van der Waals surface area contributed by atoms with Crippen molar-refractivity contribution >= 4 is 45.9 Å². The third kappa shape index (κ3) is 3.28. The molecule has 0 aliphatic carbocycles. The summed E-state index contributed by atoms with van der Waals surface area (Å²) in [6, 6.07) is 12.9. The van der Waals surface area contributed by atoms with E-state index in [2.05, 4.69) is 61.7 Å². The first-order valence-corrected chi connectivity index (χ1v) is 10.6. The van der Waals surface area contributed by atoms with Crippen LogP contribution in [0.2, 0.25) is 10.0 Å². The largest absolute Gasteiger partial charge is 0.318 e. The average Bonchev–Trinajstić information content (AvgIpc) is 2.94. The molecule has 0 amide bonds. The molecule has 0 radical (unpaired) electrons. The van der Waals surface area contributed by atoms with Crippen LogP contribution in [0, 0.1) is 6.92 Å². The lowest BCUT2D eigenvalue weighted by atomic mass is 9.96. The Kier molecular flexibility index (Phi) is 5.30. The SMILES string of the molecule is CCC1c2c(c3cc(C)ccc3n2/C=C(\C)c2ccc(Cl)cc2Cl)CCN1C. The zero-order valence-electron chi connectivity index (χ0n) is 16.9. The summed E-state index contributed by atoms with van der Waals surface area (Å²) in [6.45, 7) is 7.67. The summed E-state index contributed by atoms with van der Waals surface area (Å²) in [6.07, 6.45) is 4.42. The second-order valence-corrected chi connectivity index (χ2v) is 8.69. The molecule has 146 valence electrons. The normalized spacial score (nSPS) is 17.9. The zero-order valence-corrected chi connectivity index (χ0v) is 18.4. The number of hydrogen-bond donors (Lipinski definition) is 0. The smallest absolute Gasteiger partial charge is 0.0529 e. The minimum Gasteiger partial charge on any atom is -0.318 e. The molecule has 2 aromatic carbocycles. The third-order valence-electron chi connectivity index (χ3n) is 5.93. The van der Waals surface area contributed by atoms with Crippen LogP contribution >= 0.6 is 23.2 Å².